The molecule has 1 N–H and O–H groups in total. The molecule has 0 saturated carbocycles. The van der Waals surface area contributed by atoms with Gasteiger partial charge < -0.3 is 10.1 Å². The highest BCUT2D eigenvalue weighted by molar-refractivity contribution is 7.16. The molecular weight excluding hydrogens is 372 g/mol. The monoisotopic (exact) mass is 396 g/mol. The van der Waals surface area contributed by atoms with E-state index < -0.39 is 11.9 Å². The topological polar surface area (TPSA) is 79.2 Å². The lowest BCUT2D eigenvalue weighted by molar-refractivity contribution is -0.119. The van der Waals surface area contributed by atoms with Crippen molar-refractivity contribution in [2.75, 3.05) is 11.9 Å². The standard InChI is InChI=1S/C22H24N2O3S/c1-13(2)15-5-7-16(8-6-15)22(26)27-12-20(25)24-21-18(11-23)17-9-4-14(3)10-19(17)28-21/h5-8,13-14H,4,9-10,12H2,1-3H3,(H,24,25)/t14-/m0/s1. The van der Waals surface area contributed by atoms with Crippen LogP contribution in [0.2, 0.25) is 0 Å². The molecular formula is C22H24N2O3S. The molecule has 0 saturated heterocycles. The van der Waals surface area contributed by atoms with Gasteiger partial charge in [-0.1, -0.05) is 32.9 Å². The quantitative estimate of drug-likeness (QED) is 0.745. The van der Waals surface area contributed by atoms with E-state index in [0.29, 0.717) is 28.0 Å². The minimum absolute atomic E-state index is 0.379. The molecule has 0 unspecified atom stereocenters. The fourth-order valence-corrected chi connectivity index (χ4v) is 4.72. The Bertz CT molecular complexity index is 922. The number of amides is 1. The Kier molecular flexibility index (Phi) is 6.15. The Morgan fingerprint density at radius 2 is 2.04 bits per heavy atom. The third kappa shape index (κ3) is 4.42. The first-order valence-electron chi connectivity index (χ1n) is 9.50. The molecule has 1 heterocycles. The number of thiophene rings is 1. The van der Waals surface area contributed by atoms with E-state index in [1.807, 2.05) is 12.1 Å². The molecule has 0 radical (unpaired) electrons. The summed E-state index contributed by atoms with van der Waals surface area (Å²) in [5.74, 6) is -0.00498. The van der Waals surface area contributed by atoms with Crippen LogP contribution in [-0.4, -0.2) is 18.5 Å². The molecule has 0 bridgehead atoms. The van der Waals surface area contributed by atoms with E-state index in [2.05, 4.69) is 32.2 Å². The summed E-state index contributed by atoms with van der Waals surface area (Å²) in [7, 11) is 0. The van der Waals surface area contributed by atoms with Crippen molar-refractivity contribution < 1.29 is 14.3 Å². The number of carbonyl (C=O) groups is 2. The van der Waals surface area contributed by atoms with Gasteiger partial charge in [0.05, 0.1) is 11.1 Å². The van der Waals surface area contributed by atoms with E-state index in [9.17, 15) is 14.9 Å². The van der Waals surface area contributed by atoms with Gasteiger partial charge in [-0.3, -0.25) is 4.79 Å². The summed E-state index contributed by atoms with van der Waals surface area (Å²) in [4.78, 5) is 25.6. The minimum Gasteiger partial charge on any atom is -0.452 e. The lowest BCUT2D eigenvalue weighted by Crippen LogP contribution is -2.21. The van der Waals surface area contributed by atoms with Crippen molar-refractivity contribution >= 4 is 28.2 Å². The van der Waals surface area contributed by atoms with Crippen LogP contribution in [0.5, 0.6) is 0 Å². The predicted molar refractivity (Wildman–Crippen MR) is 110 cm³/mol. The second kappa shape index (κ2) is 8.57. The molecule has 1 atom stereocenters. The number of rotatable bonds is 5. The Morgan fingerprint density at radius 1 is 1.32 bits per heavy atom. The number of hydrogen-bond donors (Lipinski definition) is 1. The first kappa shape index (κ1) is 20.1. The zero-order valence-corrected chi connectivity index (χ0v) is 17.2. The average molecular weight is 397 g/mol. The van der Waals surface area contributed by atoms with Crippen molar-refractivity contribution in [2.24, 2.45) is 5.92 Å². The second-order valence-corrected chi connectivity index (χ2v) is 8.67. The SMILES string of the molecule is CC(C)c1ccc(C(=O)OCC(=O)Nc2sc3c(c2C#N)CC[C@H](C)C3)cc1. The summed E-state index contributed by atoms with van der Waals surface area (Å²) in [5, 5.41) is 12.8. The predicted octanol–water partition coefficient (Wildman–Crippen LogP) is 4.66. The summed E-state index contributed by atoms with van der Waals surface area (Å²) in [5.41, 5.74) is 3.16. The third-order valence-corrected chi connectivity index (χ3v) is 6.19. The van der Waals surface area contributed by atoms with Gasteiger partial charge in [-0.2, -0.15) is 5.26 Å². The number of nitrogens with one attached hydrogen (secondary N) is 1. The zero-order chi connectivity index (χ0) is 20.3. The number of nitrogens with zero attached hydrogens (tertiary/aromatic N) is 1. The lowest BCUT2D eigenvalue weighted by Gasteiger charge is -2.17. The van der Waals surface area contributed by atoms with Crippen LogP contribution in [0.1, 0.15) is 65.0 Å². The number of nitriles is 1. The van der Waals surface area contributed by atoms with Gasteiger partial charge in [0.25, 0.3) is 5.91 Å². The van der Waals surface area contributed by atoms with Crippen molar-refractivity contribution in [1.82, 2.24) is 0 Å². The van der Waals surface area contributed by atoms with Gasteiger partial charge in [0.1, 0.15) is 11.1 Å². The van der Waals surface area contributed by atoms with Crippen molar-refractivity contribution in [3.63, 3.8) is 0 Å². The number of fused-ring (bicyclic) bond motifs is 1. The first-order valence-corrected chi connectivity index (χ1v) is 10.3. The van der Waals surface area contributed by atoms with Crippen LogP contribution in [0.3, 0.4) is 0 Å². The molecule has 1 aromatic heterocycles. The van der Waals surface area contributed by atoms with Crippen molar-refractivity contribution in [2.45, 2.75) is 46.0 Å². The highest BCUT2D eigenvalue weighted by Gasteiger charge is 2.24. The number of anilines is 1. The van der Waals surface area contributed by atoms with E-state index >= 15 is 0 Å². The minimum atomic E-state index is -0.537. The Balaban J connectivity index is 1.60. The van der Waals surface area contributed by atoms with E-state index in [1.54, 1.807) is 12.1 Å². The summed E-state index contributed by atoms with van der Waals surface area (Å²) in [6.07, 6.45) is 2.86. The number of esters is 1. The molecule has 28 heavy (non-hydrogen) atoms. The van der Waals surface area contributed by atoms with E-state index in [4.69, 9.17) is 4.74 Å². The van der Waals surface area contributed by atoms with Gasteiger partial charge in [-0.15, -0.1) is 11.3 Å². The van der Waals surface area contributed by atoms with E-state index in [0.717, 1.165) is 30.4 Å². The fraction of sp³-hybridized carbons (Fsp3) is 0.409. The molecule has 6 heteroatoms. The van der Waals surface area contributed by atoms with E-state index in [-0.39, 0.29) is 6.61 Å². The van der Waals surface area contributed by atoms with Crippen molar-refractivity contribution in [1.29, 1.82) is 5.26 Å². The molecule has 3 rings (SSSR count). The normalized spacial score (nSPS) is 15.6. The van der Waals surface area contributed by atoms with Gasteiger partial charge >= 0.3 is 5.97 Å². The highest BCUT2D eigenvalue weighted by Crippen LogP contribution is 2.39. The maximum Gasteiger partial charge on any atom is 0.338 e. The van der Waals surface area contributed by atoms with E-state index in [1.165, 1.54) is 16.2 Å². The number of ether oxygens (including phenoxy) is 1. The third-order valence-electron chi connectivity index (χ3n) is 5.02. The fourth-order valence-electron chi connectivity index (χ4n) is 3.34. The molecule has 2 aromatic rings. The molecule has 0 spiro atoms. The van der Waals surface area contributed by atoms with Crippen LogP contribution < -0.4 is 5.32 Å². The summed E-state index contributed by atoms with van der Waals surface area (Å²) >= 11 is 1.46. The Morgan fingerprint density at radius 3 is 2.68 bits per heavy atom. The zero-order valence-electron chi connectivity index (χ0n) is 16.4. The van der Waals surface area contributed by atoms with Crippen LogP contribution in [-0.2, 0) is 22.4 Å². The number of hydrogen-bond acceptors (Lipinski definition) is 5. The van der Waals surface area contributed by atoms with Crippen LogP contribution in [0.15, 0.2) is 24.3 Å². The maximum absolute atomic E-state index is 12.2. The Hall–Kier alpha value is -2.65. The van der Waals surface area contributed by atoms with Gasteiger partial charge in [0.2, 0.25) is 0 Å². The van der Waals surface area contributed by atoms with Gasteiger partial charge in [0.15, 0.2) is 6.61 Å². The Labute approximate surface area is 169 Å². The summed E-state index contributed by atoms with van der Waals surface area (Å²) in [6.45, 7) is 5.97. The first-order chi connectivity index (χ1) is 13.4. The molecule has 5 nitrogen and oxygen atoms in total. The number of benzene rings is 1. The number of carbonyl (C=O) groups excluding carboxylic acids is 2. The summed E-state index contributed by atoms with van der Waals surface area (Å²) < 4.78 is 5.13. The van der Waals surface area contributed by atoms with Gasteiger partial charge in [-0.25, -0.2) is 4.79 Å². The molecule has 0 fully saturated rings. The maximum atomic E-state index is 12.2. The molecule has 1 aliphatic carbocycles. The lowest BCUT2D eigenvalue weighted by atomic mass is 9.89. The van der Waals surface area contributed by atoms with Gasteiger partial charge in [-0.05, 0) is 54.4 Å². The van der Waals surface area contributed by atoms with Crippen LogP contribution in [0, 0.1) is 17.2 Å². The molecule has 1 aromatic carbocycles. The highest BCUT2D eigenvalue weighted by atomic mass is 32.1. The second-order valence-electron chi connectivity index (χ2n) is 7.57. The smallest absolute Gasteiger partial charge is 0.338 e. The summed E-state index contributed by atoms with van der Waals surface area (Å²) in [6, 6.07) is 9.40. The molecule has 1 aliphatic rings. The van der Waals surface area contributed by atoms with Crippen LogP contribution in [0.25, 0.3) is 0 Å². The average Bonchev–Trinajstić information content (AvgIpc) is 3.01. The molecule has 146 valence electrons. The van der Waals surface area contributed by atoms with Crippen LogP contribution >= 0.6 is 11.3 Å². The van der Waals surface area contributed by atoms with Crippen LogP contribution in [0.4, 0.5) is 5.00 Å². The molecule has 1 amide bonds. The molecule has 0 aliphatic heterocycles. The van der Waals surface area contributed by atoms with Gasteiger partial charge in [0, 0.05) is 4.88 Å². The largest absolute Gasteiger partial charge is 0.452 e. The van der Waals surface area contributed by atoms with Crippen molar-refractivity contribution in [3.05, 3.63) is 51.4 Å². The van der Waals surface area contributed by atoms with Crippen molar-refractivity contribution in [3.8, 4) is 6.07 Å².